The molecule has 0 radical (unpaired) electrons. The van der Waals surface area contributed by atoms with E-state index in [9.17, 15) is 0 Å². The molecule has 0 unspecified atom stereocenters. The van der Waals surface area contributed by atoms with Crippen molar-refractivity contribution in [3.63, 3.8) is 0 Å². The molecule has 4 heteroatoms. The Morgan fingerprint density at radius 3 is 1.63 bits per heavy atom. The molecule has 0 saturated carbocycles. The Morgan fingerprint density at radius 2 is 1.12 bits per heavy atom. The molecule has 1 aliphatic carbocycles. The van der Waals surface area contributed by atoms with Crippen LogP contribution in [0.3, 0.4) is 0 Å². The molecule has 0 saturated heterocycles. The third-order valence-corrected chi connectivity index (χ3v) is 8.90. The van der Waals surface area contributed by atoms with E-state index in [0.717, 1.165) is 35.6 Å². The lowest BCUT2D eigenvalue weighted by Gasteiger charge is -2.29. The molecule has 5 aromatic carbocycles. The van der Waals surface area contributed by atoms with Gasteiger partial charge in [0.05, 0.1) is 0 Å². The molecule has 0 spiro atoms. The first kappa shape index (κ1) is 30.6. The van der Waals surface area contributed by atoms with E-state index >= 15 is 0 Å². The zero-order chi connectivity index (χ0) is 28.3. The Morgan fingerprint density at radius 1 is 0.610 bits per heavy atom. The molecule has 1 aliphatic rings. The second kappa shape index (κ2) is 13.1. The zero-order valence-corrected chi connectivity index (χ0v) is 26.3. The second-order valence-electron chi connectivity index (χ2n) is 10.3. The minimum Gasteiger partial charge on any atom is -0.399 e. The molecule has 0 heterocycles. The van der Waals surface area contributed by atoms with Crippen molar-refractivity contribution in [1.82, 2.24) is 0 Å². The molecule has 0 atom stereocenters. The van der Waals surface area contributed by atoms with Crippen LogP contribution >= 0.6 is 31.9 Å². The Hall–Kier alpha value is -3.34. The predicted octanol–water partition coefficient (Wildman–Crippen LogP) is 12.0. The number of hydrogen-bond donors (Lipinski definition) is 1. The number of nitrogen functional groups attached to an aromatic ring is 1. The van der Waals surface area contributed by atoms with Gasteiger partial charge in [-0.3, -0.25) is 0 Å². The quantitative estimate of drug-likeness (QED) is 0.189. The smallest absolute Gasteiger partial charge is 0.0464 e. The molecule has 0 bridgehead atoms. The Bertz CT molecular complexity index is 1550. The van der Waals surface area contributed by atoms with Crippen LogP contribution in [-0.4, -0.2) is 0 Å². The lowest BCUT2D eigenvalue weighted by molar-refractivity contribution is 0.490. The van der Waals surface area contributed by atoms with E-state index in [1.54, 1.807) is 0 Å². The molecule has 5 aromatic rings. The van der Waals surface area contributed by atoms with E-state index < -0.39 is 0 Å². The Labute approximate surface area is 262 Å². The number of benzene rings is 5. The molecule has 2 nitrogen and oxygen atoms in total. The van der Waals surface area contributed by atoms with Gasteiger partial charge in [-0.2, -0.15) is 0 Å². The number of rotatable bonds is 5. The molecule has 0 aliphatic heterocycles. The topological polar surface area (TPSA) is 29.3 Å². The van der Waals surface area contributed by atoms with Gasteiger partial charge in [0.15, 0.2) is 0 Å². The fourth-order valence-corrected chi connectivity index (χ4v) is 6.59. The summed E-state index contributed by atoms with van der Waals surface area (Å²) in [5.41, 5.74) is 17.1. The van der Waals surface area contributed by atoms with Crippen molar-refractivity contribution in [2.75, 3.05) is 10.6 Å². The molecule has 0 aromatic heterocycles. The standard InChI is InChI=1S/C19H18N2.C17H16Br2.CH4/c1-15-6-5-9-19(14-15)21(17-7-3-2-4-8-17)18-12-10-16(20)11-13-18;1-3-17(4-2)15-9-11(18)5-7-13(15)14-8-6-12(19)10-16(14)17;/h2-14H,20H2,1H3;5-10H,3-4H2,1-2H3;1H4. The summed E-state index contributed by atoms with van der Waals surface area (Å²) in [6.45, 7) is 6.70. The summed E-state index contributed by atoms with van der Waals surface area (Å²) in [7, 11) is 0. The predicted molar refractivity (Wildman–Crippen MR) is 186 cm³/mol. The van der Waals surface area contributed by atoms with Gasteiger partial charge in [0.25, 0.3) is 0 Å². The van der Waals surface area contributed by atoms with Gasteiger partial charge in [-0.1, -0.05) is 95.6 Å². The Kier molecular flexibility index (Phi) is 9.78. The highest BCUT2D eigenvalue weighted by Crippen LogP contribution is 2.53. The minimum atomic E-state index is 0. The maximum absolute atomic E-state index is 5.81. The van der Waals surface area contributed by atoms with E-state index in [4.69, 9.17) is 5.73 Å². The summed E-state index contributed by atoms with van der Waals surface area (Å²) < 4.78 is 2.34. The van der Waals surface area contributed by atoms with Crippen LogP contribution in [0.15, 0.2) is 124 Å². The van der Waals surface area contributed by atoms with Gasteiger partial charge in [-0.25, -0.2) is 0 Å². The van der Waals surface area contributed by atoms with E-state index in [2.05, 4.69) is 142 Å². The molecular formula is C37H38Br2N2. The van der Waals surface area contributed by atoms with Gasteiger partial charge >= 0.3 is 0 Å². The number of anilines is 4. The van der Waals surface area contributed by atoms with Crippen LogP contribution in [0.2, 0.25) is 0 Å². The van der Waals surface area contributed by atoms with E-state index in [1.165, 1.54) is 36.8 Å². The van der Waals surface area contributed by atoms with Crippen LogP contribution in [0.25, 0.3) is 11.1 Å². The molecule has 6 rings (SSSR count). The number of hydrogen-bond acceptors (Lipinski definition) is 2. The Balaban J connectivity index is 0.000000185. The number of halogens is 2. The summed E-state index contributed by atoms with van der Waals surface area (Å²) in [6, 6.07) is 40.2. The van der Waals surface area contributed by atoms with Crippen LogP contribution in [0.1, 0.15) is 50.8 Å². The molecule has 0 amide bonds. The van der Waals surface area contributed by atoms with Crippen LogP contribution in [0.5, 0.6) is 0 Å². The average Bonchev–Trinajstić information content (AvgIpc) is 3.23. The SMILES string of the molecule is C.CCC1(CC)c2cc(Br)ccc2-c2ccc(Br)cc21.Cc1cccc(N(c2ccccc2)c2ccc(N)cc2)c1. The minimum absolute atomic E-state index is 0. The van der Waals surface area contributed by atoms with E-state index in [-0.39, 0.29) is 12.8 Å². The number of aryl methyl sites for hydroxylation is 1. The zero-order valence-electron chi connectivity index (χ0n) is 23.2. The third kappa shape index (κ3) is 6.14. The van der Waals surface area contributed by atoms with Gasteiger partial charge in [0.1, 0.15) is 0 Å². The van der Waals surface area contributed by atoms with Crippen molar-refractivity contribution in [2.24, 2.45) is 0 Å². The first-order chi connectivity index (χ1) is 19.4. The van der Waals surface area contributed by atoms with E-state index in [0.29, 0.717) is 0 Å². The van der Waals surface area contributed by atoms with Crippen molar-refractivity contribution in [3.8, 4) is 11.1 Å². The van der Waals surface area contributed by atoms with Gasteiger partial charge in [-0.05, 0) is 120 Å². The van der Waals surface area contributed by atoms with Crippen LogP contribution in [0, 0.1) is 6.92 Å². The lowest BCUT2D eigenvalue weighted by Crippen LogP contribution is -2.23. The molecular weight excluding hydrogens is 632 g/mol. The average molecular weight is 671 g/mol. The monoisotopic (exact) mass is 668 g/mol. The highest BCUT2D eigenvalue weighted by atomic mass is 79.9. The maximum atomic E-state index is 5.81. The normalized spacial score (nSPS) is 12.3. The van der Waals surface area contributed by atoms with Crippen molar-refractivity contribution >= 4 is 54.6 Å². The van der Waals surface area contributed by atoms with Crippen molar-refractivity contribution in [2.45, 2.75) is 46.5 Å². The fraction of sp³-hybridized carbons (Fsp3) is 0.189. The first-order valence-electron chi connectivity index (χ1n) is 13.7. The maximum Gasteiger partial charge on any atom is 0.0464 e. The lowest BCUT2D eigenvalue weighted by atomic mass is 9.74. The van der Waals surface area contributed by atoms with Crippen LogP contribution in [0.4, 0.5) is 22.7 Å². The van der Waals surface area contributed by atoms with Crippen molar-refractivity contribution in [3.05, 3.63) is 141 Å². The van der Waals surface area contributed by atoms with Crippen molar-refractivity contribution < 1.29 is 0 Å². The largest absolute Gasteiger partial charge is 0.399 e. The summed E-state index contributed by atoms with van der Waals surface area (Å²) in [4.78, 5) is 2.23. The summed E-state index contributed by atoms with van der Waals surface area (Å²) in [5, 5.41) is 0. The molecule has 210 valence electrons. The number of fused-ring (bicyclic) bond motifs is 3. The molecule has 0 fully saturated rings. The molecule has 41 heavy (non-hydrogen) atoms. The van der Waals surface area contributed by atoms with Gasteiger partial charge in [-0.15, -0.1) is 0 Å². The number of para-hydroxylation sites is 1. The summed E-state index contributed by atoms with van der Waals surface area (Å²) in [5.74, 6) is 0. The highest BCUT2D eigenvalue weighted by Gasteiger charge is 2.40. The van der Waals surface area contributed by atoms with E-state index in [1.807, 2.05) is 30.3 Å². The number of nitrogens with zero attached hydrogens (tertiary/aromatic N) is 1. The molecule has 2 N–H and O–H groups in total. The van der Waals surface area contributed by atoms with Gasteiger partial charge < -0.3 is 10.6 Å². The number of nitrogens with two attached hydrogens (primary N) is 1. The van der Waals surface area contributed by atoms with Gasteiger partial charge in [0.2, 0.25) is 0 Å². The second-order valence-corrected chi connectivity index (χ2v) is 12.1. The van der Waals surface area contributed by atoms with Gasteiger partial charge in [0, 0.05) is 37.1 Å². The fourth-order valence-electron chi connectivity index (χ4n) is 5.87. The third-order valence-electron chi connectivity index (χ3n) is 7.92. The first-order valence-corrected chi connectivity index (χ1v) is 15.3. The van der Waals surface area contributed by atoms with Crippen LogP contribution in [-0.2, 0) is 5.41 Å². The summed E-state index contributed by atoms with van der Waals surface area (Å²) >= 11 is 7.25. The highest BCUT2D eigenvalue weighted by molar-refractivity contribution is 9.10. The van der Waals surface area contributed by atoms with Crippen molar-refractivity contribution in [1.29, 1.82) is 0 Å². The van der Waals surface area contributed by atoms with Crippen LogP contribution < -0.4 is 10.6 Å². The summed E-state index contributed by atoms with van der Waals surface area (Å²) in [6.07, 6.45) is 2.27.